The number of nitrogens with zero attached hydrogens (tertiary/aromatic N) is 1. The second kappa shape index (κ2) is 3.71. The molecule has 1 aromatic rings. The molecule has 0 fully saturated rings. The number of pyridine rings is 1. The van der Waals surface area contributed by atoms with E-state index in [2.05, 4.69) is 50.4 Å². The van der Waals surface area contributed by atoms with Crippen molar-refractivity contribution in [3.8, 4) is 0 Å². The quantitative estimate of drug-likeness (QED) is 0.806. The monoisotopic (exact) mass is 326 g/mol. The van der Waals surface area contributed by atoms with Crippen molar-refractivity contribution in [2.75, 3.05) is 5.73 Å². The molecule has 1 rings (SSSR count). The molecule has 0 amide bonds. The van der Waals surface area contributed by atoms with Crippen LogP contribution < -0.4 is 5.73 Å². The molecular weight excluding hydrogens is 319 g/mol. The van der Waals surface area contributed by atoms with Crippen LogP contribution in [-0.2, 0) is 6.42 Å². The maximum atomic E-state index is 5.63. The highest BCUT2D eigenvalue weighted by Crippen LogP contribution is 2.21. The molecule has 0 saturated heterocycles. The molecular formula is C7H8BrIN2. The SMILES string of the molecule is CCc1nc(N)c(I)cc1Br. The molecule has 0 aromatic carbocycles. The summed E-state index contributed by atoms with van der Waals surface area (Å²) in [5, 5.41) is 0. The van der Waals surface area contributed by atoms with E-state index >= 15 is 0 Å². The summed E-state index contributed by atoms with van der Waals surface area (Å²) in [7, 11) is 0. The van der Waals surface area contributed by atoms with Crippen LogP contribution in [0.15, 0.2) is 10.5 Å². The fourth-order valence-corrected chi connectivity index (χ4v) is 2.23. The largest absolute Gasteiger partial charge is 0.383 e. The van der Waals surface area contributed by atoms with Crippen LogP contribution in [0.5, 0.6) is 0 Å². The third kappa shape index (κ3) is 2.05. The van der Waals surface area contributed by atoms with Gasteiger partial charge in [-0.25, -0.2) is 4.98 Å². The number of rotatable bonds is 1. The highest BCUT2D eigenvalue weighted by molar-refractivity contribution is 14.1. The van der Waals surface area contributed by atoms with Crippen LogP contribution in [0.3, 0.4) is 0 Å². The van der Waals surface area contributed by atoms with Gasteiger partial charge in [0.05, 0.1) is 9.26 Å². The number of aryl methyl sites for hydroxylation is 1. The van der Waals surface area contributed by atoms with Crippen molar-refractivity contribution >= 4 is 44.3 Å². The molecule has 4 heteroatoms. The first kappa shape index (κ1) is 9.25. The predicted octanol–water partition coefficient (Wildman–Crippen LogP) is 2.59. The Hall–Kier alpha value is 0.160. The van der Waals surface area contributed by atoms with Crippen LogP contribution >= 0.6 is 38.5 Å². The van der Waals surface area contributed by atoms with Gasteiger partial charge in [0, 0.05) is 4.47 Å². The molecule has 11 heavy (non-hydrogen) atoms. The molecule has 0 atom stereocenters. The second-order valence-corrected chi connectivity index (χ2v) is 4.15. The molecule has 2 N–H and O–H groups in total. The summed E-state index contributed by atoms with van der Waals surface area (Å²) in [5.74, 6) is 0.616. The Labute approximate surface area is 87.9 Å². The minimum absolute atomic E-state index is 0.616. The topological polar surface area (TPSA) is 38.9 Å². The van der Waals surface area contributed by atoms with Crippen LogP contribution in [0.1, 0.15) is 12.6 Å². The number of hydrogen-bond acceptors (Lipinski definition) is 2. The van der Waals surface area contributed by atoms with E-state index in [-0.39, 0.29) is 0 Å². The van der Waals surface area contributed by atoms with E-state index in [1.807, 2.05) is 6.07 Å². The summed E-state index contributed by atoms with van der Waals surface area (Å²) in [6.07, 6.45) is 0.904. The molecule has 2 nitrogen and oxygen atoms in total. The van der Waals surface area contributed by atoms with Gasteiger partial charge in [-0.3, -0.25) is 0 Å². The minimum Gasteiger partial charge on any atom is -0.383 e. The Morgan fingerprint density at radius 1 is 1.73 bits per heavy atom. The van der Waals surface area contributed by atoms with Crippen molar-refractivity contribution in [3.05, 3.63) is 19.8 Å². The summed E-state index contributed by atoms with van der Waals surface area (Å²) in [6, 6.07) is 1.99. The summed E-state index contributed by atoms with van der Waals surface area (Å²) in [6.45, 7) is 2.05. The van der Waals surface area contributed by atoms with Gasteiger partial charge in [-0.1, -0.05) is 6.92 Å². The molecule has 0 aliphatic carbocycles. The third-order valence-corrected chi connectivity index (χ3v) is 2.91. The Balaban J connectivity index is 3.21. The number of nitrogen functional groups attached to an aromatic ring is 1. The minimum atomic E-state index is 0.616. The highest BCUT2D eigenvalue weighted by atomic mass is 127. The zero-order valence-electron chi connectivity index (χ0n) is 6.06. The van der Waals surface area contributed by atoms with Crippen molar-refractivity contribution < 1.29 is 0 Å². The van der Waals surface area contributed by atoms with Gasteiger partial charge >= 0.3 is 0 Å². The standard InChI is InChI=1S/C7H8BrIN2/c1-2-6-4(8)3-5(9)7(10)11-6/h3H,2H2,1H3,(H2,10,11). The van der Waals surface area contributed by atoms with Gasteiger partial charge in [-0.2, -0.15) is 0 Å². The summed E-state index contributed by atoms with van der Waals surface area (Å²) in [5.41, 5.74) is 6.64. The van der Waals surface area contributed by atoms with Crippen molar-refractivity contribution in [2.45, 2.75) is 13.3 Å². The zero-order chi connectivity index (χ0) is 8.43. The van der Waals surface area contributed by atoms with E-state index in [0.717, 1.165) is 20.2 Å². The summed E-state index contributed by atoms with van der Waals surface area (Å²) < 4.78 is 2.03. The first-order chi connectivity index (χ1) is 5.15. The van der Waals surface area contributed by atoms with Crippen LogP contribution in [0.25, 0.3) is 0 Å². The van der Waals surface area contributed by atoms with E-state index < -0.39 is 0 Å². The van der Waals surface area contributed by atoms with Crippen LogP contribution in [0.4, 0.5) is 5.82 Å². The van der Waals surface area contributed by atoms with E-state index in [0.29, 0.717) is 5.82 Å². The normalized spacial score (nSPS) is 10.1. The molecule has 0 saturated carbocycles. The van der Waals surface area contributed by atoms with E-state index in [4.69, 9.17) is 5.73 Å². The Morgan fingerprint density at radius 3 is 2.91 bits per heavy atom. The Kier molecular flexibility index (Phi) is 3.12. The summed E-state index contributed by atoms with van der Waals surface area (Å²) in [4.78, 5) is 4.21. The van der Waals surface area contributed by atoms with Crippen molar-refractivity contribution in [1.29, 1.82) is 0 Å². The lowest BCUT2D eigenvalue weighted by Gasteiger charge is -2.03. The molecule has 0 radical (unpaired) electrons. The first-order valence-electron chi connectivity index (χ1n) is 3.25. The average Bonchev–Trinajstić information content (AvgIpc) is 1.97. The Bertz CT molecular complexity index is 275. The zero-order valence-corrected chi connectivity index (χ0v) is 9.81. The highest BCUT2D eigenvalue weighted by Gasteiger charge is 2.03. The molecule has 0 aliphatic rings. The van der Waals surface area contributed by atoms with Gasteiger partial charge in [0.25, 0.3) is 0 Å². The molecule has 0 aliphatic heterocycles. The molecule has 1 heterocycles. The fourth-order valence-electron chi connectivity index (χ4n) is 0.769. The number of aromatic nitrogens is 1. The molecule has 0 unspecified atom stereocenters. The van der Waals surface area contributed by atoms with Crippen LogP contribution in [-0.4, -0.2) is 4.98 Å². The first-order valence-corrected chi connectivity index (χ1v) is 5.12. The van der Waals surface area contributed by atoms with Crippen molar-refractivity contribution in [2.24, 2.45) is 0 Å². The smallest absolute Gasteiger partial charge is 0.137 e. The number of halogens is 2. The van der Waals surface area contributed by atoms with Gasteiger partial charge in [0.2, 0.25) is 0 Å². The van der Waals surface area contributed by atoms with Crippen molar-refractivity contribution in [3.63, 3.8) is 0 Å². The number of nitrogens with two attached hydrogens (primary N) is 1. The number of hydrogen-bond donors (Lipinski definition) is 1. The average molecular weight is 327 g/mol. The fraction of sp³-hybridized carbons (Fsp3) is 0.286. The van der Waals surface area contributed by atoms with Crippen LogP contribution in [0.2, 0.25) is 0 Å². The lowest BCUT2D eigenvalue weighted by atomic mass is 10.3. The summed E-state index contributed by atoms with van der Waals surface area (Å²) >= 11 is 5.58. The lowest BCUT2D eigenvalue weighted by molar-refractivity contribution is 1.02. The maximum absolute atomic E-state index is 5.63. The third-order valence-electron chi connectivity index (χ3n) is 1.36. The van der Waals surface area contributed by atoms with Crippen molar-refractivity contribution in [1.82, 2.24) is 4.98 Å². The van der Waals surface area contributed by atoms with E-state index in [1.54, 1.807) is 0 Å². The molecule has 0 bridgehead atoms. The number of anilines is 1. The molecule has 60 valence electrons. The van der Waals surface area contributed by atoms with E-state index in [9.17, 15) is 0 Å². The van der Waals surface area contributed by atoms with E-state index in [1.165, 1.54) is 0 Å². The lowest BCUT2D eigenvalue weighted by Crippen LogP contribution is -1.98. The van der Waals surface area contributed by atoms with Gasteiger partial charge in [-0.05, 0) is 51.0 Å². The van der Waals surface area contributed by atoms with Gasteiger partial charge in [0.1, 0.15) is 5.82 Å². The van der Waals surface area contributed by atoms with Gasteiger partial charge in [-0.15, -0.1) is 0 Å². The Morgan fingerprint density at radius 2 is 2.36 bits per heavy atom. The van der Waals surface area contributed by atoms with Gasteiger partial charge in [0.15, 0.2) is 0 Å². The molecule has 0 spiro atoms. The second-order valence-electron chi connectivity index (χ2n) is 2.14. The van der Waals surface area contributed by atoms with Crippen LogP contribution in [0, 0.1) is 3.57 Å². The predicted molar refractivity (Wildman–Crippen MR) is 58.4 cm³/mol. The molecule has 1 aromatic heterocycles. The maximum Gasteiger partial charge on any atom is 0.137 e. The van der Waals surface area contributed by atoms with Gasteiger partial charge < -0.3 is 5.73 Å².